The second-order valence-corrected chi connectivity index (χ2v) is 4.08. The van der Waals surface area contributed by atoms with Crippen molar-refractivity contribution < 1.29 is 4.79 Å². The zero-order valence-electron chi connectivity index (χ0n) is 10.1. The highest BCUT2D eigenvalue weighted by Crippen LogP contribution is 2.23. The van der Waals surface area contributed by atoms with Gasteiger partial charge in [0.1, 0.15) is 0 Å². The molecule has 88 valence electrons. The van der Waals surface area contributed by atoms with E-state index in [1.54, 1.807) is 0 Å². The fraction of sp³-hybridized carbons (Fsp3) is 0.500. The molecule has 16 heavy (non-hydrogen) atoms. The molecule has 0 bridgehead atoms. The van der Waals surface area contributed by atoms with Gasteiger partial charge < -0.3 is 0 Å². The number of halogens is 1. The van der Waals surface area contributed by atoms with E-state index >= 15 is 0 Å². The van der Waals surface area contributed by atoms with Crippen LogP contribution in [0.1, 0.15) is 48.2 Å². The van der Waals surface area contributed by atoms with Crippen LogP contribution in [0, 0.1) is 0 Å². The molecule has 0 spiro atoms. The van der Waals surface area contributed by atoms with Crippen LogP contribution in [0.3, 0.4) is 0 Å². The first-order chi connectivity index (χ1) is 7.81. The third-order valence-electron chi connectivity index (χ3n) is 2.74. The van der Waals surface area contributed by atoms with E-state index in [0.717, 1.165) is 12.0 Å². The Hall–Kier alpha value is -0.820. The minimum absolute atomic E-state index is 0.162. The van der Waals surface area contributed by atoms with Crippen molar-refractivity contribution in [3.05, 3.63) is 34.9 Å². The summed E-state index contributed by atoms with van der Waals surface area (Å²) in [6, 6.07) is 6.06. The lowest BCUT2D eigenvalue weighted by atomic mass is 10.0. The zero-order valence-corrected chi connectivity index (χ0v) is 10.8. The number of hydrogen-bond donors (Lipinski definition) is 0. The smallest absolute Gasteiger partial charge is 0.164 e. The Morgan fingerprint density at radius 2 is 1.94 bits per heavy atom. The summed E-state index contributed by atoms with van der Waals surface area (Å²) in [5, 5.41) is 0. The standard InChI is InChI=1S/C12H13ClO.C2H6/c13-7-6-12(14)11-5-4-9-2-1-3-10(9)8-11;1-2/h4-5,8H,1-3,6-7H2;1-2H3. The SMILES string of the molecule is CC.O=C(CCCl)c1ccc2c(c1)CCC2. The van der Waals surface area contributed by atoms with Crippen molar-refractivity contribution in [2.75, 3.05) is 5.88 Å². The van der Waals surface area contributed by atoms with Gasteiger partial charge in [0, 0.05) is 17.9 Å². The maximum atomic E-state index is 11.6. The Bertz CT molecular complexity index is 358. The first-order valence-corrected chi connectivity index (χ1v) is 6.55. The van der Waals surface area contributed by atoms with Crippen molar-refractivity contribution in [2.24, 2.45) is 0 Å². The molecule has 0 radical (unpaired) electrons. The van der Waals surface area contributed by atoms with Gasteiger partial charge in [0.25, 0.3) is 0 Å². The summed E-state index contributed by atoms with van der Waals surface area (Å²) >= 11 is 5.54. The molecule has 0 aliphatic heterocycles. The van der Waals surface area contributed by atoms with Crippen molar-refractivity contribution in [1.29, 1.82) is 0 Å². The second-order valence-electron chi connectivity index (χ2n) is 3.70. The monoisotopic (exact) mass is 238 g/mol. The molecule has 1 nitrogen and oxygen atoms in total. The van der Waals surface area contributed by atoms with Crippen LogP contribution in [0.4, 0.5) is 0 Å². The summed E-state index contributed by atoms with van der Waals surface area (Å²) in [5.41, 5.74) is 3.59. The number of alkyl halides is 1. The number of aryl methyl sites for hydroxylation is 2. The minimum Gasteiger partial charge on any atom is -0.294 e. The van der Waals surface area contributed by atoms with Gasteiger partial charge in [-0.25, -0.2) is 0 Å². The summed E-state index contributed by atoms with van der Waals surface area (Å²) in [6.45, 7) is 4.00. The van der Waals surface area contributed by atoms with Crippen LogP contribution >= 0.6 is 11.6 Å². The number of carbonyl (C=O) groups excluding carboxylic acids is 1. The van der Waals surface area contributed by atoms with Crippen LogP contribution in [0.5, 0.6) is 0 Å². The summed E-state index contributed by atoms with van der Waals surface area (Å²) in [5.74, 6) is 0.574. The summed E-state index contributed by atoms with van der Waals surface area (Å²) in [4.78, 5) is 11.6. The zero-order chi connectivity index (χ0) is 12.0. The second kappa shape index (κ2) is 6.70. The number of rotatable bonds is 3. The highest BCUT2D eigenvalue weighted by Gasteiger charge is 2.13. The molecule has 1 aliphatic rings. The lowest BCUT2D eigenvalue weighted by Crippen LogP contribution is -2.00. The minimum atomic E-state index is 0.162. The molecule has 0 heterocycles. The summed E-state index contributed by atoms with van der Waals surface area (Å²) < 4.78 is 0. The van der Waals surface area contributed by atoms with E-state index in [0.29, 0.717) is 12.3 Å². The highest BCUT2D eigenvalue weighted by molar-refractivity contribution is 6.19. The average molecular weight is 239 g/mol. The van der Waals surface area contributed by atoms with Crippen LogP contribution in [-0.4, -0.2) is 11.7 Å². The Morgan fingerprint density at radius 1 is 1.25 bits per heavy atom. The Kier molecular flexibility index (Phi) is 5.54. The van der Waals surface area contributed by atoms with Crippen molar-refractivity contribution in [2.45, 2.75) is 39.5 Å². The first-order valence-electron chi connectivity index (χ1n) is 6.02. The molecule has 0 atom stereocenters. The Morgan fingerprint density at radius 3 is 2.62 bits per heavy atom. The molecular formula is C14H19ClO. The normalized spacial score (nSPS) is 12.7. The lowest BCUT2D eigenvalue weighted by molar-refractivity contribution is 0.0989. The molecular weight excluding hydrogens is 220 g/mol. The van der Waals surface area contributed by atoms with Crippen LogP contribution in [0.15, 0.2) is 18.2 Å². The van der Waals surface area contributed by atoms with E-state index in [2.05, 4.69) is 6.07 Å². The molecule has 1 aliphatic carbocycles. The number of Topliss-reactive ketones (excluding diaryl/α,β-unsaturated/α-hetero) is 1. The highest BCUT2D eigenvalue weighted by atomic mass is 35.5. The van der Waals surface area contributed by atoms with Crippen molar-refractivity contribution in [1.82, 2.24) is 0 Å². The molecule has 0 saturated heterocycles. The molecule has 2 rings (SSSR count). The quantitative estimate of drug-likeness (QED) is 0.574. The van der Waals surface area contributed by atoms with E-state index in [4.69, 9.17) is 11.6 Å². The van der Waals surface area contributed by atoms with Gasteiger partial charge >= 0.3 is 0 Å². The van der Waals surface area contributed by atoms with Crippen LogP contribution in [0.2, 0.25) is 0 Å². The molecule has 2 heteroatoms. The lowest BCUT2D eigenvalue weighted by Gasteiger charge is -2.02. The van der Waals surface area contributed by atoms with Gasteiger partial charge in [-0.2, -0.15) is 0 Å². The first kappa shape index (κ1) is 13.2. The Labute approximate surface area is 103 Å². The fourth-order valence-corrected chi connectivity index (χ4v) is 2.15. The molecule has 0 amide bonds. The van der Waals surface area contributed by atoms with Gasteiger partial charge in [-0.15, -0.1) is 11.6 Å². The third kappa shape index (κ3) is 3.08. The van der Waals surface area contributed by atoms with Gasteiger partial charge in [0.15, 0.2) is 5.78 Å². The third-order valence-corrected chi connectivity index (χ3v) is 2.93. The summed E-state index contributed by atoms with van der Waals surface area (Å²) in [6.07, 6.45) is 3.96. The van der Waals surface area contributed by atoms with E-state index in [1.807, 2.05) is 26.0 Å². The molecule has 1 aromatic rings. The predicted molar refractivity (Wildman–Crippen MR) is 69.5 cm³/mol. The summed E-state index contributed by atoms with van der Waals surface area (Å²) in [7, 11) is 0. The number of ketones is 1. The largest absolute Gasteiger partial charge is 0.294 e. The van der Waals surface area contributed by atoms with Crippen molar-refractivity contribution in [3.8, 4) is 0 Å². The van der Waals surface area contributed by atoms with E-state index in [-0.39, 0.29) is 5.78 Å². The van der Waals surface area contributed by atoms with Crippen LogP contribution in [0.25, 0.3) is 0 Å². The average Bonchev–Trinajstić information content (AvgIpc) is 2.79. The topological polar surface area (TPSA) is 17.1 Å². The Balaban J connectivity index is 0.000000606. The molecule has 1 aromatic carbocycles. The fourth-order valence-electron chi connectivity index (χ4n) is 1.98. The van der Waals surface area contributed by atoms with E-state index in [1.165, 1.54) is 24.0 Å². The van der Waals surface area contributed by atoms with Crippen LogP contribution in [-0.2, 0) is 12.8 Å². The van der Waals surface area contributed by atoms with Gasteiger partial charge in [0.05, 0.1) is 0 Å². The maximum Gasteiger partial charge on any atom is 0.164 e. The van der Waals surface area contributed by atoms with Gasteiger partial charge in [0.2, 0.25) is 0 Å². The van der Waals surface area contributed by atoms with Gasteiger partial charge in [-0.05, 0) is 36.5 Å². The number of hydrogen-bond acceptors (Lipinski definition) is 1. The van der Waals surface area contributed by atoms with Crippen LogP contribution < -0.4 is 0 Å². The van der Waals surface area contributed by atoms with Crippen molar-refractivity contribution in [3.63, 3.8) is 0 Å². The number of fused-ring (bicyclic) bond motifs is 1. The molecule has 0 N–H and O–H groups in total. The van der Waals surface area contributed by atoms with Gasteiger partial charge in [-0.1, -0.05) is 26.0 Å². The molecule has 0 unspecified atom stereocenters. The number of carbonyl (C=O) groups is 1. The molecule has 0 aromatic heterocycles. The molecule has 0 saturated carbocycles. The number of benzene rings is 1. The van der Waals surface area contributed by atoms with E-state index < -0.39 is 0 Å². The van der Waals surface area contributed by atoms with Crippen molar-refractivity contribution >= 4 is 17.4 Å². The maximum absolute atomic E-state index is 11.6. The van der Waals surface area contributed by atoms with Gasteiger partial charge in [-0.3, -0.25) is 4.79 Å². The van der Waals surface area contributed by atoms with E-state index in [9.17, 15) is 4.79 Å². The molecule has 0 fully saturated rings. The predicted octanol–water partition coefficient (Wildman–Crippen LogP) is 4.01.